The van der Waals surface area contributed by atoms with Crippen LogP contribution in [0.4, 0.5) is 14.9 Å². The summed E-state index contributed by atoms with van der Waals surface area (Å²) in [4.78, 5) is 48.6. The summed E-state index contributed by atoms with van der Waals surface area (Å²) in [5.74, 6) is -1.92. The van der Waals surface area contributed by atoms with Crippen LogP contribution in [0, 0.1) is 10.7 Å². The summed E-state index contributed by atoms with van der Waals surface area (Å²) >= 11 is 7.88. The number of primary amides is 1. The Bertz CT molecular complexity index is 1070. The van der Waals surface area contributed by atoms with E-state index in [1.54, 1.807) is 17.5 Å². The first kappa shape index (κ1) is 22.9. The summed E-state index contributed by atoms with van der Waals surface area (Å²) in [6, 6.07) is 4.35. The number of nitrogens with zero attached hydrogens (tertiary/aromatic N) is 2. The second-order valence-corrected chi connectivity index (χ2v) is 8.45. The minimum atomic E-state index is -1.08. The summed E-state index contributed by atoms with van der Waals surface area (Å²) in [7, 11) is 0. The van der Waals surface area contributed by atoms with Gasteiger partial charge in [0.15, 0.2) is 5.76 Å². The number of imide groups is 1. The van der Waals surface area contributed by atoms with Gasteiger partial charge in [0.1, 0.15) is 5.82 Å². The van der Waals surface area contributed by atoms with Crippen molar-refractivity contribution in [3.8, 4) is 0 Å². The highest BCUT2D eigenvalue weighted by Gasteiger charge is 2.40. The largest absolute Gasteiger partial charge is 0.424 e. The van der Waals surface area contributed by atoms with E-state index in [9.17, 15) is 23.7 Å². The van der Waals surface area contributed by atoms with Gasteiger partial charge in [-0.05, 0) is 36.4 Å². The van der Waals surface area contributed by atoms with Gasteiger partial charge < -0.3 is 10.5 Å². The number of hydrogen-bond donors (Lipinski definition) is 1. The van der Waals surface area contributed by atoms with Gasteiger partial charge >= 0.3 is 12.0 Å². The predicted molar refractivity (Wildman–Crippen MR) is 118 cm³/mol. The van der Waals surface area contributed by atoms with E-state index in [1.165, 1.54) is 11.3 Å². The molecule has 12 heteroatoms. The zero-order chi connectivity index (χ0) is 22.5. The normalized spacial score (nSPS) is 14.4. The van der Waals surface area contributed by atoms with Crippen molar-refractivity contribution in [1.82, 2.24) is 0 Å². The summed E-state index contributed by atoms with van der Waals surface area (Å²) in [5, 5.41) is 1.42. The molecule has 0 bridgehead atoms. The van der Waals surface area contributed by atoms with Gasteiger partial charge in [0.05, 0.1) is 21.2 Å². The average Bonchev–Trinajstić information content (AvgIpc) is 3.33. The SMILES string of the molecule is NC(=O)N1C(=O)/C(=C(\OC(=O)CCCCSN=O)c2cccs2)c2cc(F)c(Cl)cc21. The molecule has 162 valence electrons. The molecule has 31 heavy (non-hydrogen) atoms. The van der Waals surface area contributed by atoms with Crippen LogP contribution in [0.2, 0.25) is 5.02 Å². The van der Waals surface area contributed by atoms with Gasteiger partial charge in [-0.3, -0.25) is 9.59 Å². The first-order valence-electron chi connectivity index (χ1n) is 8.92. The van der Waals surface area contributed by atoms with E-state index in [1.807, 2.05) is 0 Å². The first-order chi connectivity index (χ1) is 14.8. The second kappa shape index (κ2) is 10.0. The maximum Gasteiger partial charge on any atom is 0.326 e. The Morgan fingerprint density at radius 2 is 2.10 bits per heavy atom. The van der Waals surface area contributed by atoms with Crippen molar-refractivity contribution in [2.24, 2.45) is 10.3 Å². The molecule has 0 radical (unpaired) electrons. The third-order valence-electron chi connectivity index (χ3n) is 4.29. The van der Waals surface area contributed by atoms with Crippen LogP contribution in [-0.2, 0) is 14.3 Å². The number of unbranched alkanes of at least 4 members (excludes halogenated alkanes) is 1. The Hall–Kier alpha value is -2.76. The van der Waals surface area contributed by atoms with E-state index in [0.717, 1.165) is 24.1 Å². The number of nitroso groups, excluding NO2 is 1. The van der Waals surface area contributed by atoms with Gasteiger partial charge in [-0.25, -0.2) is 14.1 Å². The van der Waals surface area contributed by atoms with Gasteiger partial charge in [-0.15, -0.1) is 16.2 Å². The Balaban J connectivity index is 2.02. The van der Waals surface area contributed by atoms with Crippen molar-refractivity contribution < 1.29 is 23.5 Å². The molecule has 8 nitrogen and oxygen atoms in total. The van der Waals surface area contributed by atoms with E-state index in [-0.39, 0.29) is 34.0 Å². The molecule has 1 aliphatic heterocycles. The van der Waals surface area contributed by atoms with Crippen LogP contribution in [0.3, 0.4) is 0 Å². The summed E-state index contributed by atoms with van der Waals surface area (Å²) in [6.45, 7) is 0. The maximum atomic E-state index is 14.2. The van der Waals surface area contributed by atoms with Crippen LogP contribution in [-0.4, -0.2) is 23.7 Å². The van der Waals surface area contributed by atoms with Crippen LogP contribution in [0.15, 0.2) is 34.2 Å². The molecule has 3 amide bonds. The molecular formula is C19H15ClFN3O5S2. The highest BCUT2D eigenvalue weighted by Crippen LogP contribution is 2.44. The zero-order valence-corrected chi connectivity index (χ0v) is 18.2. The van der Waals surface area contributed by atoms with Crippen LogP contribution in [0.25, 0.3) is 11.3 Å². The number of carbonyl (C=O) groups excluding carboxylic acids is 3. The topological polar surface area (TPSA) is 119 Å². The van der Waals surface area contributed by atoms with Crippen LogP contribution in [0.5, 0.6) is 0 Å². The fourth-order valence-corrected chi connectivity index (χ4v) is 4.24. The van der Waals surface area contributed by atoms with Crippen LogP contribution >= 0.6 is 34.9 Å². The molecule has 0 unspecified atom stereocenters. The number of esters is 1. The Morgan fingerprint density at radius 3 is 2.74 bits per heavy atom. The third kappa shape index (κ3) is 4.94. The number of fused-ring (bicyclic) bond motifs is 1. The molecule has 2 N–H and O–H groups in total. The summed E-state index contributed by atoms with van der Waals surface area (Å²) < 4.78 is 22.4. The van der Waals surface area contributed by atoms with Crippen molar-refractivity contribution in [2.75, 3.05) is 10.7 Å². The van der Waals surface area contributed by atoms with Gasteiger partial charge in [0.25, 0.3) is 5.91 Å². The third-order valence-corrected chi connectivity index (χ3v) is 6.03. The fourth-order valence-electron chi connectivity index (χ4n) is 2.97. The molecule has 0 saturated heterocycles. The summed E-state index contributed by atoms with van der Waals surface area (Å²) in [5.41, 5.74) is 5.22. The van der Waals surface area contributed by atoms with E-state index < -0.39 is 23.7 Å². The number of nitrogens with two attached hydrogens (primary N) is 1. The lowest BCUT2D eigenvalue weighted by molar-refractivity contribution is -0.136. The fraction of sp³-hybridized carbons (Fsp3) is 0.211. The molecule has 3 rings (SSSR count). The lowest BCUT2D eigenvalue weighted by atomic mass is 10.0. The standard InChI is InChI=1S/C19H15ClFN3O5S2/c20-11-9-13-10(8-12(11)21)16(18(26)24(13)19(22)27)17(14-4-3-6-30-14)29-15(25)5-1-2-7-31-23-28/h3-4,6,8-9H,1-2,5,7H2,(H2,22,27)/b17-16-. The first-order valence-corrected chi connectivity index (χ1v) is 11.1. The Labute approximate surface area is 189 Å². The quantitative estimate of drug-likeness (QED) is 0.141. The number of urea groups is 1. The number of carbonyl (C=O) groups is 3. The number of ether oxygens (including phenoxy) is 1. The number of halogens is 2. The van der Waals surface area contributed by atoms with Gasteiger partial charge in [0, 0.05) is 34.3 Å². The lowest BCUT2D eigenvalue weighted by Crippen LogP contribution is -2.38. The van der Waals surface area contributed by atoms with Crippen molar-refractivity contribution in [3.05, 3.63) is 55.8 Å². The van der Waals surface area contributed by atoms with E-state index in [4.69, 9.17) is 22.1 Å². The van der Waals surface area contributed by atoms with Gasteiger partial charge in [0.2, 0.25) is 0 Å². The zero-order valence-electron chi connectivity index (χ0n) is 15.8. The molecule has 0 saturated carbocycles. The monoisotopic (exact) mass is 483 g/mol. The second-order valence-electron chi connectivity index (χ2n) is 6.28. The molecule has 2 aromatic rings. The lowest BCUT2D eigenvalue weighted by Gasteiger charge is -2.12. The molecule has 1 aromatic carbocycles. The van der Waals surface area contributed by atoms with Crippen molar-refractivity contribution >= 4 is 69.8 Å². The highest BCUT2D eigenvalue weighted by atomic mass is 35.5. The Morgan fingerprint density at radius 1 is 1.32 bits per heavy atom. The highest BCUT2D eigenvalue weighted by molar-refractivity contribution is 7.97. The number of amides is 3. The van der Waals surface area contributed by atoms with Gasteiger partial charge in [-0.2, -0.15) is 0 Å². The molecule has 0 spiro atoms. The molecule has 0 aliphatic carbocycles. The number of hydrogen-bond acceptors (Lipinski definition) is 8. The number of rotatable bonds is 8. The number of thiophene rings is 1. The van der Waals surface area contributed by atoms with Crippen molar-refractivity contribution in [1.29, 1.82) is 0 Å². The Kier molecular flexibility index (Phi) is 7.42. The molecule has 0 fully saturated rings. The molecule has 0 atom stereocenters. The van der Waals surface area contributed by atoms with Crippen molar-refractivity contribution in [2.45, 2.75) is 19.3 Å². The van der Waals surface area contributed by atoms with E-state index in [2.05, 4.69) is 4.58 Å². The molecule has 1 aliphatic rings. The minimum Gasteiger partial charge on any atom is -0.424 e. The number of benzene rings is 1. The number of anilines is 1. The van der Waals surface area contributed by atoms with E-state index in [0.29, 0.717) is 28.4 Å². The summed E-state index contributed by atoms with van der Waals surface area (Å²) in [6.07, 6.45) is 1.03. The molecular weight excluding hydrogens is 469 g/mol. The molecule has 2 heterocycles. The smallest absolute Gasteiger partial charge is 0.326 e. The molecule has 1 aromatic heterocycles. The van der Waals surface area contributed by atoms with Crippen LogP contribution < -0.4 is 10.6 Å². The van der Waals surface area contributed by atoms with Crippen LogP contribution in [0.1, 0.15) is 29.7 Å². The minimum absolute atomic E-state index is 0.00222. The predicted octanol–water partition coefficient (Wildman–Crippen LogP) is 4.96. The van der Waals surface area contributed by atoms with Gasteiger partial charge in [-0.1, -0.05) is 17.7 Å². The average molecular weight is 484 g/mol. The maximum absolute atomic E-state index is 14.2. The van der Waals surface area contributed by atoms with Crippen molar-refractivity contribution in [3.63, 3.8) is 0 Å². The van der Waals surface area contributed by atoms with E-state index >= 15 is 0 Å².